The number of carbonyl (C=O) groups excluding carboxylic acids is 1. The Hall–Kier alpha value is -3.48. The normalized spacial score (nSPS) is 13.3. The van der Waals surface area contributed by atoms with Gasteiger partial charge in [0.1, 0.15) is 0 Å². The average Bonchev–Trinajstić information content (AvgIpc) is 3.51. The van der Waals surface area contributed by atoms with Crippen molar-refractivity contribution in [1.82, 2.24) is 19.7 Å². The first-order valence-corrected chi connectivity index (χ1v) is 9.19. The first kappa shape index (κ1) is 17.9. The van der Waals surface area contributed by atoms with Crippen molar-refractivity contribution in [2.45, 2.75) is 32.4 Å². The SMILES string of the molecule is Cc1ccc(-n2nc(C(=O)NC3CC3)c(=O)n(Cc3ccccc3)c2=O)cc1. The van der Waals surface area contributed by atoms with Crippen LogP contribution in [0.2, 0.25) is 0 Å². The Labute approximate surface area is 161 Å². The van der Waals surface area contributed by atoms with Crippen LogP contribution < -0.4 is 16.6 Å². The average molecular weight is 376 g/mol. The highest BCUT2D eigenvalue weighted by atomic mass is 16.2. The zero-order chi connectivity index (χ0) is 19.7. The lowest BCUT2D eigenvalue weighted by molar-refractivity contribution is 0.0941. The number of hydrogen-bond donors (Lipinski definition) is 1. The zero-order valence-corrected chi connectivity index (χ0v) is 15.5. The standard InChI is InChI=1S/C21H20N4O3/c1-14-7-11-17(12-8-14)25-21(28)24(13-15-5-3-2-4-6-15)20(27)18(23-25)19(26)22-16-9-10-16/h2-8,11-12,16H,9-10,13H2,1H3,(H,22,26). The lowest BCUT2D eigenvalue weighted by Crippen LogP contribution is -2.46. The Bertz CT molecular complexity index is 1130. The van der Waals surface area contributed by atoms with Crippen molar-refractivity contribution in [3.05, 3.63) is 92.3 Å². The van der Waals surface area contributed by atoms with Crippen LogP contribution in [-0.2, 0) is 6.54 Å². The molecule has 4 rings (SSSR count). The van der Waals surface area contributed by atoms with E-state index in [0.717, 1.165) is 33.2 Å². The van der Waals surface area contributed by atoms with Gasteiger partial charge < -0.3 is 5.32 Å². The van der Waals surface area contributed by atoms with Crippen LogP contribution in [0.5, 0.6) is 0 Å². The van der Waals surface area contributed by atoms with Gasteiger partial charge in [-0.15, -0.1) is 0 Å². The molecule has 1 amide bonds. The summed E-state index contributed by atoms with van der Waals surface area (Å²) in [5.41, 5.74) is 0.773. The monoisotopic (exact) mass is 376 g/mol. The number of aromatic nitrogens is 3. The van der Waals surface area contributed by atoms with E-state index >= 15 is 0 Å². The maximum atomic E-state index is 13.0. The summed E-state index contributed by atoms with van der Waals surface area (Å²) < 4.78 is 2.18. The van der Waals surface area contributed by atoms with E-state index in [9.17, 15) is 14.4 Å². The summed E-state index contributed by atoms with van der Waals surface area (Å²) in [6, 6.07) is 16.4. The number of rotatable bonds is 5. The number of amides is 1. The van der Waals surface area contributed by atoms with Gasteiger partial charge in [-0.25, -0.2) is 4.79 Å². The van der Waals surface area contributed by atoms with Gasteiger partial charge >= 0.3 is 5.69 Å². The summed E-state index contributed by atoms with van der Waals surface area (Å²) in [5.74, 6) is -0.546. The maximum Gasteiger partial charge on any atom is 0.352 e. The van der Waals surface area contributed by atoms with Crippen molar-refractivity contribution in [1.29, 1.82) is 0 Å². The molecule has 1 aliphatic carbocycles. The second kappa shape index (κ2) is 7.26. The molecule has 1 saturated carbocycles. The molecule has 0 bridgehead atoms. The minimum atomic E-state index is -0.685. The number of aryl methyl sites for hydroxylation is 1. The van der Waals surface area contributed by atoms with E-state index in [1.807, 2.05) is 49.4 Å². The van der Waals surface area contributed by atoms with Gasteiger partial charge in [0.15, 0.2) is 0 Å². The Morgan fingerprint density at radius 1 is 1.07 bits per heavy atom. The third-order valence-corrected chi connectivity index (χ3v) is 4.65. The van der Waals surface area contributed by atoms with E-state index in [4.69, 9.17) is 0 Å². The van der Waals surface area contributed by atoms with Crippen LogP contribution in [0.15, 0.2) is 64.2 Å². The second-order valence-corrected chi connectivity index (χ2v) is 7.00. The van der Waals surface area contributed by atoms with Crippen LogP contribution in [0.3, 0.4) is 0 Å². The Morgan fingerprint density at radius 2 is 1.75 bits per heavy atom. The van der Waals surface area contributed by atoms with Crippen molar-refractivity contribution in [3.8, 4) is 5.69 Å². The van der Waals surface area contributed by atoms with Gasteiger partial charge in [0.2, 0.25) is 5.69 Å². The Morgan fingerprint density at radius 3 is 2.39 bits per heavy atom. The molecule has 142 valence electrons. The highest BCUT2D eigenvalue weighted by molar-refractivity contribution is 5.92. The van der Waals surface area contributed by atoms with Crippen LogP contribution in [-0.4, -0.2) is 26.3 Å². The van der Waals surface area contributed by atoms with Gasteiger partial charge in [0.05, 0.1) is 12.2 Å². The zero-order valence-electron chi connectivity index (χ0n) is 15.5. The fraction of sp³-hybridized carbons (Fsp3) is 0.238. The molecule has 0 aliphatic heterocycles. The highest BCUT2D eigenvalue weighted by Gasteiger charge is 2.27. The lowest BCUT2D eigenvalue weighted by atomic mass is 10.2. The van der Waals surface area contributed by atoms with E-state index < -0.39 is 17.2 Å². The topological polar surface area (TPSA) is 86.0 Å². The van der Waals surface area contributed by atoms with Crippen molar-refractivity contribution in [3.63, 3.8) is 0 Å². The molecule has 1 aliphatic rings. The lowest BCUT2D eigenvalue weighted by Gasteiger charge is -2.12. The Kier molecular flexibility index (Phi) is 4.65. The van der Waals surface area contributed by atoms with Crippen LogP contribution in [0.1, 0.15) is 34.5 Å². The van der Waals surface area contributed by atoms with Crippen molar-refractivity contribution < 1.29 is 4.79 Å². The van der Waals surface area contributed by atoms with Crippen molar-refractivity contribution in [2.75, 3.05) is 0 Å². The molecular formula is C21H20N4O3. The largest absolute Gasteiger partial charge is 0.352 e. The smallest absolute Gasteiger partial charge is 0.348 e. The van der Waals surface area contributed by atoms with Gasteiger partial charge in [0.25, 0.3) is 11.5 Å². The summed E-state index contributed by atoms with van der Waals surface area (Å²) >= 11 is 0. The first-order chi connectivity index (χ1) is 13.5. The summed E-state index contributed by atoms with van der Waals surface area (Å²) in [5, 5.41) is 6.89. The van der Waals surface area contributed by atoms with E-state index in [1.54, 1.807) is 12.1 Å². The molecule has 28 heavy (non-hydrogen) atoms. The van der Waals surface area contributed by atoms with E-state index in [0.29, 0.717) is 5.69 Å². The molecule has 0 atom stereocenters. The van der Waals surface area contributed by atoms with Gasteiger partial charge in [-0.1, -0.05) is 48.0 Å². The number of benzene rings is 2. The van der Waals surface area contributed by atoms with Crippen LogP contribution >= 0.6 is 0 Å². The van der Waals surface area contributed by atoms with Crippen molar-refractivity contribution in [2.24, 2.45) is 0 Å². The minimum absolute atomic E-state index is 0.0661. The third kappa shape index (κ3) is 3.64. The minimum Gasteiger partial charge on any atom is -0.348 e. The molecule has 1 aromatic heterocycles. The second-order valence-electron chi connectivity index (χ2n) is 7.00. The number of hydrogen-bond acceptors (Lipinski definition) is 4. The predicted octanol–water partition coefficient (Wildman–Crippen LogP) is 1.64. The molecule has 3 aromatic rings. The molecule has 0 saturated heterocycles. The predicted molar refractivity (Wildman–Crippen MR) is 105 cm³/mol. The molecule has 0 radical (unpaired) electrons. The number of nitrogens with one attached hydrogen (secondary N) is 1. The van der Waals surface area contributed by atoms with Gasteiger partial charge in [-0.3, -0.25) is 14.2 Å². The number of nitrogens with zero attached hydrogens (tertiary/aromatic N) is 3. The third-order valence-electron chi connectivity index (χ3n) is 4.65. The van der Waals surface area contributed by atoms with Crippen LogP contribution in [0, 0.1) is 6.92 Å². The van der Waals surface area contributed by atoms with E-state index in [2.05, 4.69) is 10.4 Å². The summed E-state index contributed by atoms with van der Waals surface area (Å²) in [6.45, 7) is 2.00. The molecule has 7 heteroatoms. The summed E-state index contributed by atoms with van der Waals surface area (Å²) in [7, 11) is 0. The molecule has 0 unspecified atom stereocenters. The highest BCUT2D eigenvalue weighted by Crippen LogP contribution is 2.18. The molecule has 0 spiro atoms. The van der Waals surface area contributed by atoms with Crippen LogP contribution in [0.25, 0.3) is 5.69 Å². The quantitative estimate of drug-likeness (QED) is 0.734. The summed E-state index contributed by atoms with van der Waals surface area (Å²) in [6.07, 6.45) is 1.78. The molecule has 2 aromatic carbocycles. The Balaban J connectivity index is 1.86. The molecule has 7 nitrogen and oxygen atoms in total. The van der Waals surface area contributed by atoms with Gasteiger partial charge in [-0.2, -0.15) is 9.78 Å². The van der Waals surface area contributed by atoms with Gasteiger partial charge in [-0.05, 0) is 37.5 Å². The fourth-order valence-corrected chi connectivity index (χ4v) is 2.90. The van der Waals surface area contributed by atoms with E-state index in [-0.39, 0.29) is 18.3 Å². The van der Waals surface area contributed by atoms with E-state index in [1.165, 1.54) is 0 Å². The fourth-order valence-electron chi connectivity index (χ4n) is 2.90. The maximum absolute atomic E-state index is 13.0. The first-order valence-electron chi connectivity index (χ1n) is 9.19. The molecule has 1 heterocycles. The number of carbonyl (C=O) groups is 1. The molecule has 1 N–H and O–H groups in total. The van der Waals surface area contributed by atoms with Crippen LogP contribution in [0.4, 0.5) is 0 Å². The molecule has 1 fully saturated rings. The van der Waals surface area contributed by atoms with Crippen molar-refractivity contribution >= 4 is 5.91 Å². The summed E-state index contributed by atoms with van der Waals surface area (Å²) in [4.78, 5) is 38.5. The van der Waals surface area contributed by atoms with Gasteiger partial charge in [0, 0.05) is 6.04 Å². The molecular weight excluding hydrogens is 356 g/mol.